The summed E-state index contributed by atoms with van der Waals surface area (Å²) in [7, 11) is -7.56. The van der Waals surface area contributed by atoms with Crippen LogP contribution in [0.1, 0.15) is 58.1 Å². The van der Waals surface area contributed by atoms with Gasteiger partial charge in [0.15, 0.2) is 68.4 Å². The van der Waals surface area contributed by atoms with Crippen LogP contribution >= 0.6 is 0 Å². The molecule has 0 heterocycles. The maximum absolute atomic E-state index is 14.7. The van der Waals surface area contributed by atoms with Gasteiger partial charge in [-0.05, 0) is 137 Å². The van der Waals surface area contributed by atoms with Crippen LogP contribution < -0.4 is 42.4 Å². The molecule has 0 fully saturated rings. The number of carbonyl (C=O) groups is 4. The van der Waals surface area contributed by atoms with Gasteiger partial charge in [-0.25, -0.2) is 39.1 Å². The molecule has 0 saturated heterocycles. The summed E-state index contributed by atoms with van der Waals surface area (Å²) in [5, 5.41) is 21.8. The molecule has 3 amide bonds. The van der Waals surface area contributed by atoms with Gasteiger partial charge < -0.3 is 105 Å². The third-order valence-corrected chi connectivity index (χ3v) is 17.1. The standard InChI is InChI=1S/C38H55F2N5O14S.C32H45F2N3O10S/c1-3-43-37(50)34(48)33(47)32(46)5-4-11-53-13-15-55-17-19-57-21-22-58-20-18-56-16-14-54-12-10-44-60(51,52)29-8-6-28(7-9-29)59-35-30(39)24-27(25-31(35)40)23-26(2)36(49)45-38(41)42;1-3-41-10-11-43-14-15-45-18-19-46-17-16-44-13-12-42-9-4-20-48(39,40)27-7-5-26(6-8-27)47-30-28(33)22-25(23-29(30)34)21-24(2)31(38)37-32(35)36/h6-9,23-25,33-34,44,47-48H,3-5,10-22H2,1-2H3,(H,43,50)(H4,41,42,45,49);5-8,21-23H,3-4,9-20H2,1-2H3,(H4,35,36,37,38)/b26-23+;24-21+. The molecule has 0 aliphatic carbocycles. The van der Waals surface area contributed by atoms with Crippen molar-refractivity contribution in [2.75, 3.05) is 177 Å². The Balaban J connectivity index is 0.000000574. The van der Waals surface area contributed by atoms with Crippen LogP contribution in [0, 0.1) is 23.3 Å². The number of guanidine groups is 2. The minimum atomic E-state index is -3.92. The fourth-order valence-electron chi connectivity index (χ4n) is 8.53. The number of Topliss-reactive ketones (excluding diaryl/α,β-unsaturated/α-hetero) is 1. The lowest BCUT2D eigenvalue weighted by molar-refractivity contribution is -0.144. The molecule has 0 aromatic heterocycles. The number of ketones is 1. The highest BCUT2D eigenvalue weighted by molar-refractivity contribution is 7.91. The van der Waals surface area contributed by atoms with E-state index in [1.807, 2.05) is 6.92 Å². The van der Waals surface area contributed by atoms with Gasteiger partial charge in [0, 0.05) is 50.5 Å². The zero-order chi connectivity index (χ0) is 79.5. The topological polar surface area (TPSA) is 459 Å². The molecule has 0 spiro atoms. The van der Waals surface area contributed by atoms with Gasteiger partial charge in [0.2, 0.25) is 10.0 Å². The molecule has 0 bridgehead atoms. The predicted molar refractivity (Wildman–Crippen MR) is 387 cm³/mol. The van der Waals surface area contributed by atoms with Crippen molar-refractivity contribution >= 4 is 67.4 Å². The van der Waals surface area contributed by atoms with Gasteiger partial charge in [-0.2, -0.15) is 9.98 Å². The van der Waals surface area contributed by atoms with E-state index in [1.54, 1.807) is 6.92 Å². The van der Waals surface area contributed by atoms with Gasteiger partial charge in [0.05, 0.1) is 154 Å². The van der Waals surface area contributed by atoms with Gasteiger partial charge in [0.1, 0.15) is 17.6 Å². The number of hydrogen-bond acceptors (Lipinski definition) is 24. The summed E-state index contributed by atoms with van der Waals surface area (Å²) in [6.45, 7) is 15.4. The Labute approximate surface area is 625 Å². The Morgan fingerprint density at radius 1 is 0.463 bits per heavy atom. The molecule has 108 heavy (non-hydrogen) atoms. The first-order valence-electron chi connectivity index (χ1n) is 34.2. The van der Waals surface area contributed by atoms with E-state index in [2.05, 4.69) is 20.0 Å². The normalized spacial score (nSPS) is 12.4. The van der Waals surface area contributed by atoms with Gasteiger partial charge in [-0.15, -0.1) is 0 Å². The lowest BCUT2D eigenvalue weighted by atomic mass is 10.1. The summed E-state index contributed by atoms with van der Waals surface area (Å²) in [6, 6.07) is 13.9. The van der Waals surface area contributed by atoms with E-state index < -0.39 is 102 Å². The highest BCUT2D eigenvalue weighted by atomic mass is 32.2. The Morgan fingerprint density at radius 2 is 0.787 bits per heavy atom. The van der Waals surface area contributed by atoms with E-state index >= 15 is 0 Å². The number of aliphatic hydroxyl groups is 2. The molecular weight excluding hydrogens is 1480 g/mol. The van der Waals surface area contributed by atoms with Gasteiger partial charge >= 0.3 is 0 Å². The molecule has 0 aliphatic rings. The molecule has 604 valence electrons. The fraction of sp³-hybridized carbons (Fsp3) is 0.514. The van der Waals surface area contributed by atoms with Crippen LogP contribution in [0.25, 0.3) is 12.2 Å². The average molecular weight is 1580 g/mol. The van der Waals surface area contributed by atoms with Crippen LogP contribution in [0.2, 0.25) is 0 Å². The van der Waals surface area contributed by atoms with Crippen molar-refractivity contribution in [1.82, 2.24) is 10.0 Å². The van der Waals surface area contributed by atoms with E-state index in [4.69, 9.17) is 89.3 Å². The van der Waals surface area contributed by atoms with Gasteiger partial charge in [0.25, 0.3) is 17.7 Å². The van der Waals surface area contributed by atoms with Crippen LogP contribution in [0.4, 0.5) is 17.6 Å². The second kappa shape index (κ2) is 54.6. The fourth-order valence-corrected chi connectivity index (χ4v) is 10.8. The summed E-state index contributed by atoms with van der Waals surface area (Å²) < 4.78 is 187. The van der Waals surface area contributed by atoms with Crippen LogP contribution in [0.5, 0.6) is 23.0 Å². The number of benzene rings is 4. The van der Waals surface area contributed by atoms with E-state index in [0.717, 1.165) is 24.3 Å². The van der Waals surface area contributed by atoms with Crippen molar-refractivity contribution in [2.45, 2.75) is 69.0 Å². The number of aliphatic hydroxyl groups excluding tert-OH is 2. The molecule has 2 atom stereocenters. The second-order valence-corrected chi connectivity index (χ2v) is 26.3. The number of nitrogens with one attached hydrogen (secondary N) is 2. The lowest BCUT2D eigenvalue weighted by Gasteiger charge is -2.16. The minimum Gasteiger partial charge on any atom is -0.451 e. The zero-order valence-electron chi connectivity index (χ0n) is 60.9. The monoisotopic (exact) mass is 1580 g/mol. The molecule has 2 unspecified atom stereocenters. The summed E-state index contributed by atoms with van der Waals surface area (Å²) in [6.07, 6.45) is -0.632. The van der Waals surface area contributed by atoms with Gasteiger partial charge in [-0.3, -0.25) is 19.2 Å². The van der Waals surface area contributed by atoms with E-state index in [9.17, 15) is 63.8 Å². The Bertz CT molecular complexity index is 3640. The first-order chi connectivity index (χ1) is 51.7. The second-order valence-electron chi connectivity index (χ2n) is 22.5. The van der Waals surface area contributed by atoms with Crippen molar-refractivity contribution in [3.63, 3.8) is 0 Å². The highest BCUT2D eigenvalue weighted by Crippen LogP contribution is 2.32. The first-order valence-corrected chi connectivity index (χ1v) is 37.3. The Kier molecular flexibility index (Phi) is 47.6. The molecule has 38 heteroatoms. The average Bonchev–Trinajstić information content (AvgIpc) is 0.823. The van der Waals surface area contributed by atoms with E-state index in [1.165, 1.54) is 74.5 Å². The lowest BCUT2D eigenvalue weighted by Crippen LogP contribution is -2.45. The smallest absolute Gasteiger partial charge is 0.275 e. The largest absolute Gasteiger partial charge is 0.451 e. The van der Waals surface area contributed by atoms with Gasteiger partial charge in [-0.1, -0.05) is 0 Å². The SMILES string of the molecule is CCNC(=O)C(O)C(O)C(=O)CCCOCCOCCOCCOCCOCCOCCNS(=O)(=O)c1ccc(Oc2c(F)cc(/C=C(\C)C(=O)N=C(N)N)cc2F)cc1.CCOCCOCCOCCOCCOCCOCCCS(=O)(=O)c1ccc(Oc2c(F)cc(/C=C(\C)C(=O)N=C(N)N)cc2F)cc1. The number of ether oxygens (including phenoxy) is 14. The molecule has 0 saturated carbocycles. The summed E-state index contributed by atoms with van der Waals surface area (Å²) >= 11 is 0. The third-order valence-electron chi connectivity index (χ3n) is 13.8. The van der Waals surface area contributed by atoms with Crippen molar-refractivity contribution < 1.29 is 130 Å². The number of nitrogens with two attached hydrogens (primary N) is 4. The predicted octanol–water partition coefficient (Wildman–Crippen LogP) is 3.79. The summed E-state index contributed by atoms with van der Waals surface area (Å²) in [4.78, 5) is 53.7. The van der Waals surface area contributed by atoms with Crippen LogP contribution in [0.3, 0.4) is 0 Å². The summed E-state index contributed by atoms with van der Waals surface area (Å²) in [5.41, 5.74) is 20.8. The van der Waals surface area contributed by atoms with E-state index in [-0.39, 0.29) is 108 Å². The Hall–Kier alpha value is -8.00. The maximum Gasteiger partial charge on any atom is 0.275 e. The molecule has 0 radical (unpaired) electrons. The molecule has 4 rings (SSSR count). The van der Waals surface area contributed by atoms with Crippen LogP contribution in [-0.4, -0.2) is 252 Å². The number of aliphatic imine (C=N–C) groups is 2. The number of nitrogens with zero attached hydrogens (tertiary/aromatic N) is 2. The zero-order valence-corrected chi connectivity index (χ0v) is 62.5. The Morgan fingerprint density at radius 3 is 1.13 bits per heavy atom. The maximum atomic E-state index is 14.7. The number of sulfonamides is 1. The third kappa shape index (κ3) is 40.4. The molecular formula is C70H100F4N8O24S2. The van der Waals surface area contributed by atoms with Crippen molar-refractivity contribution in [3.05, 3.63) is 118 Å². The molecule has 12 N–H and O–H groups in total. The number of amides is 3. The number of hydrogen-bond donors (Lipinski definition) is 8. The molecule has 4 aromatic carbocycles. The quantitative estimate of drug-likeness (QED) is 0.0102. The van der Waals surface area contributed by atoms with Crippen molar-refractivity contribution in [2.24, 2.45) is 32.9 Å². The van der Waals surface area contributed by atoms with Crippen molar-refractivity contribution in [3.8, 4) is 23.0 Å². The number of carbonyl (C=O) groups excluding carboxylic acids is 4. The number of rotatable bonds is 57. The van der Waals surface area contributed by atoms with E-state index in [0.29, 0.717) is 132 Å². The molecule has 32 nitrogen and oxygen atoms in total. The number of likely N-dealkylation sites (N-methyl/N-ethyl adjacent to an activating group) is 1. The van der Waals surface area contributed by atoms with Crippen LogP contribution in [-0.2, 0) is 95.9 Å². The first kappa shape index (κ1) is 94.2. The number of halogens is 4. The number of sulfone groups is 1. The molecule has 4 aromatic rings. The van der Waals surface area contributed by atoms with Crippen LogP contribution in [0.15, 0.2) is 104 Å². The molecule has 0 aliphatic heterocycles. The minimum absolute atomic E-state index is 0.0195. The highest BCUT2D eigenvalue weighted by Gasteiger charge is 2.29. The summed E-state index contributed by atoms with van der Waals surface area (Å²) in [5.74, 6) is -9.66. The van der Waals surface area contributed by atoms with Crippen molar-refractivity contribution in [1.29, 1.82) is 0 Å².